The summed E-state index contributed by atoms with van der Waals surface area (Å²) in [5.41, 5.74) is 9.79. The molecule has 2 N–H and O–H groups in total. The summed E-state index contributed by atoms with van der Waals surface area (Å²) < 4.78 is 1.70. The first kappa shape index (κ1) is 32.6. The molecule has 0 bridgehead atoms. The monoisotopic (exact) mass is 634 g/mol. The first-order valence-electron chi connectivity index (χ1n) is 17.3. The fourth-order valence-corrected chi connectivity index (χ4v) is 7.87. The summed E-state index contributed by atoms with van der Waals surface area (Å²) in [6.45, 7) is 7.55. The average molecular weight is 635 g/mol. The molecule has 0 radical (unpaired) electrons. The minimum absolute atomic E-state index is 0.119. The molecular formula is C39H46N4O4. The van der Waals surface area contributed by atoms with Gasteiger partial charge in [-0.3, -0.25) is 4.79 Å². The number of hydrogen-bond donors (Lipinski definition) is 2. The van der Waals surface area contributed by atoms with Gasteiger partial charge >= 0.3 is 5.97 Å². The maximum Gasteiger partial charge on any atom is 0.339 e. The number of carbonyl (C=O) groups excluding carboxylic acids is 1. The van der Waals surface area contributed by atoms with E-state index in [1.807, 2.05) is 24.8 Å². The second-order valence-corrected chi connectivity index (χ2v) is 13.1. The second-order valence-electron chi connectivity index (χ2n) is 13.1. The highest BCUT2D eigenvalue weighted by molar-refractivity contribution is 5.89. The Balaban J connectivity index is 1.25. The third kappa shape index (κ3) is 6.48. The lowest BCUT2D eigenvalue weighted by molar-refractivity contribution is -0.141. The van der Waals surface area contributed by atoms with Gasteiger partial charge in [0.2, 0.25) is 0 Å². The highest BCUT2D eigenvalue weighted by Gasteiger charge is 2.30. The van der Waals surface area contributed by atoms with Crippen LogP contribution in [0.5, 0.6) is 0 Å². The van der Waals surface area contributed by atoms with Crippen molar-refractivity contribution in [2.45, 2.75) is 96.5 Å². The summed E-state index contributed by atoms with van der Waals surface area (Å²) >= 11 is 0. The number of nitrogens with zero attached hydrogens (tertiary/aromatic N) is 4. The summed E-state index contributed by atoms with van der Waals surface area (Å²) in [5, 5.41) is 24.4. The number of aliphatic hydroxyl groups excluding tert-OH is 1. The van der Waals surface area contributed by atoms with Crippen molar-refractivity contribution in [3.63, 3.8) is 0 Å². The average Bonchev–Trinajstić information content (AvgIpc) is 3.72. The summed E-state index contributed by atoms with van der Waals surface area (Å²) in [6.07, 6.45) is 10.00. The highest BCUT2D eigenvalue weighted by Crippen LogP contribution is 2.43. The van der Waals surface area contributed by atoms with Gasteiger partial charge in [0.25, 0.3) is 5.91 Å². The van der Waals surface area contributed by atoms with Crippen LogP contribution in [0.3, 0.4) is 0 Å². The molecule has 1 unspecified atom stereocenters. The number of aliphatic hydroxyl groups is 1. The van der Waals surface area contributed by atoms with E-state index in [9.17, 15) is 19.8 Å². The quantitative estimate of drug-likeness (QED) is 0.186. The molecule has 2 aromatic carbocycles. The van der Waals surface area contributed by atoms with Crippen molar-refractivity contribution in [2.24, 2.45) is 0 Å². The number of aromatic carboxylic acids is 1. The van der Waals surface area contributed by atoms with Gasteiger partial charge < -0.3 is 15.1 Å². The van der Waals surface area contributed by atoms with Gasteiger partial charge in [-0.15, -0.1) is 0 Å². The Morgan fingerprint density at radius 2 is 1.77 bits per heavy atom. The molecule has 3 heterocycles. The Labute approximate surface area is 277 Å². The molecule has 47 heavy (non-hydrogen) atoms. The third-order valence-electron chi connectivity index (χ3n) is 10.2. The van der Waals surface area contributed by atoms with Gasteiger partial charge in [0, 0.05) is 24.8 Å². The van der Waals surface area contributed by atoms with Gasteiger partial charge in [0.05, 0.1) is 11.9 Å². The van der Waals surface area contributed by atoms with Crippen LogP contribution >= 0.6 is 0 Å². The number of likely N-dealkylation sites (tertiary alicyclic amines) is 1. The lowest BCUT2D eigenvalue weighted by Gasteiger charge is -2.34. The number of aryl methyl sites for hydroxylation is 2. The van der Waals surface area contributed by atoms with Crippen LogP contribution in [-0.4, -0.2) is 60.9 Å². The van der Waals surface area contributed by atoms with Crippen molar-refractivity contribution >= 4 is 11.9 Å². The van der Waals surface area contributed by atoms with Crippen molar-refractivity contribution < 1.29 is 19.8 Å². The predicted octanol–water partition coefficient (Wildman–Crippen LogP) is 6.90. The van der Waals surface area contributed by atoms with Gasteiger partial charge in [-0.25, -0.2) is 14.5 Å². The minimum Gasteiger partial charge on any atom is -0.478 e. The molecule has 2 atom stereocenters. The van der Waals surface area contributed by atoms with E-state index in [1.54, 1.807) is 10.9 Å². The number of hydrogen-bond acceptors (Lipinski definition) is 5. The van der Waals surface area contributed by atoms with Gasteiger partial charge in [0.1, 0.15) is 11.7 Å². The Kier molecular flexibility index (Phi) is 9.87. The first-order chi connectivity index (χ1) is 22.8. The molecule has 0 spiro atoms. The number of pyridine rings is 1. The third-order valence-corrected chi connectivity index (χ3v) is 10.2. The number of amides is 1. The molecule has 8 heteroatoms. The van der Waals surface area contributed by atoms with Crippen molar-refractivity contribution in [1.29, 1.82) is 0 Å². The van der Waals surface area contributed by atoms with Crippen molar-refractivity contribution in [1.82, 2.24) is 19.7 Å². The number of piperidine rings is 1. The van der Waals surface area contributed by atoms with Crippen LogP contribution in [0.25, 0.3) is 16.9 Å². The molecule has 246 valence electrons. The van der Waals surface area contributed by atoms with Crippen molar-refractivity contribution in [2.75, 3.05) is 13.1 Å². The minimum atomic E-state index is -0.980. The molecule has 1 fully saturated rings. The smallest absolute Gasteiger partial charge is 0.339 e. The number of fused-ring (bicyclic) bond motifs is 1. The van der Waals surface area contributed by atoms with Crippen molar-refractivity contribution in [3.05, 3.63) is 100.0 Å². The molecule has 8 nitrogen and oxygen atoms in total. The summed E-state index contributed by atoms with van der Waals surface area (Å²) in [7, 11) is 0. The van der Waals surface area contributed by atoms with Crippen LogP contribution < -0.4 is 0 Å². The lowest BCUT2D eigenvalue weighted by atomic mass is 9.83. The normalized spacial score (nSPS) is 17.1. The number of carboxylic acid groups (broad SMARTS) is 1. The van der Waals surface area contributed by atoms with Crippen LogP contribution in [0.4, 0.5) is 0 Å². The van der Waals surface area contributed by atoms with Crippen LogP contribution in [0.15, 0.2) is 60.9 Å². The van der Waals surface area contributed by atoms with E-state index in [2.05, 4.69) is 54.5 Å². The Bertz CT molecular complexity index is 1750. The predicted molar refractivity (Wildman–Crippen MR) is 183 cm³/mol. The maximum atomic E-state index is 12.7. The molecule has 1 saturated heterocycles. The fraction of sp³-hybridized carbons (Fsp3) is 0.436. The number of rotatable bonds is 11. The Morgan fingerprint density at radius 1 is 0.979 bits per heavy atom. The molecule has 1 amide bonds. The lowest BCUT2D eigenvalue weighted by Crippen LogP contribution is -2.43. The van der Waals surface area contributed by atoms with Crippen molar-refractivity contribution in [3.8, 4) is 16.9 Å². The zero-order chi connectivity index (χ0) is 33.1. The van der Waals surface area contributed by atoms with E-state index >= 15 is 0 Å². The zero-order valence-electron chi connectivity index (χ0n) is 27.8. The highest BCUT2D eigenvalue weighted by atomic mass is 16.4. The van der Waals surface area contributed by atoms with E-state index < -0.39 is 12.1 Å². The molecular weight excluding hydrogens is 588 g/mol. The maximum absolute atomic E-state index is 12.7. The largest absolute Gasteiger partial charge is 0.478 e. The number of benzene rings is 2. The molecule has 1 aliphatic heterocycles. The van der Waals surface area contributed by atoms with E-state index in [0.717, 1.165) is 56.1 Å². The SMILES string of the molecule is CCC[C@H](O)C(=O)N1CCC(c2ccc(CC3CCc4cccc(-c5cccnc5-n5ncc(C(=O)O)c5CC)c43)cc2CC)CC1. The summed E-state index contributed by atoms with van der Waals surface area (Å²) in [5.74, 6) is 0.330. The molecule has 2 aromatic heterocycles. The van der Waals surface area contributed by atoms with Crippen LogP contribution in [-0.2, 0) is 30.5 Å². The molecule has 1 aliphatic carbocycles. The second kappa shape index (κ2) is 14.2. The number of carboxylic acids is 1. The van der Waals surface area contributed by atoms with E-state index in [1.165, 1.54) is 34.0 Å². The van der Waals surface area contributed by atoms with E-state index in [4.69, 9.17) is 4.98 Å². The number of carbonyl (C=O) groups is 2. The summed E-state index contributed by atoms with van der Waals surface area (Å²) in [4.78, 5) is 31.1. The Morgan fingerprint density at radius 3 is 2.49 bits per heavy atom. The number of aromatic nitrogens is 3. The topological polar surface area (TPSA) is 109 Å². The van der Waals surface area contributed by atoms with Gasteiger partial charge in [0.15, 0.2) is 5.82 Å². The fourth-order valence-electron chi connectivity index (χ4n) is 7.87. The zero-order valence-corrected chi connectivity index (χ0v) is 27.8. The molecule has 6 rings (SSSR count). The van der Waals surface area contributed by atoms with Crippen LogP contribution in [0, 0.1) is 0 Å². The van der Waals surface area contributed by atoms with E-state index in [-0.39, 0.29) is 11.5 Å². The first-order valence-corrected chi connectivity index (χ1v) is 17.3. The van der Waals surface area contributed by atoms with Gasteiger partial charge in [-0.05, 0) is 109 Å². The van der Waals surface area contributed by atoms with Gasteiger partial charge in [-0.1, -0.05) is 63.6 Å². The molecule has 4 aromatic rings. The summed E-state index contributed by atoms with van der Waals surface area (Å²) in [6, 6.07) is 17.6. The molecule has 0 saturated carbocycles. The standard InChI is InChI=1S/C39H46N4O4/c1-4-9-35(44)38(45)42-20-17-27(18-21-42)30-16-13-25(22-26(30)5-2)23-29-15-14-28-10-7-11-31(36(28)29)32-12-8-19-40-37(32)43-34(6-3)33(24-41-43)39(46)47/h7-8,10-13,16,19,22,24,27,29,35,44H,4-6,9,14-15,17-18,20-21,23H2,1-3H3,(H,46,47)/t29?,35-/m0/s1. The van der Waals surface area contributed by atoms with Crippen LogP contribution in [0.2, 0.25) is 0 Å². The van der Waals surface area contributed by atoms with E-state index in [0.29, 0.717) is 49.3 Å². The molecule has 2 aliphatic rings. The Hall–Kier alpha value is -4.30. The van der Waals surface area contributed by atoms with Crippen LogP contribution in [0.1, 0.15) is 109 Å². The van der Waals surface area contributed by atoms with Gasteiger partial charge in [-0.2, -0.15) is 5.10 Å².